The maximum atomic E-state index is 13.0. The van der Waals surface area contributed by atoms with E-state index in [0.717, 1.165) is 5.56 Å². The van der Waals surface area contributed by atoms with Crippen LogP contribution in [0.2, 0.25) is 0 Å². The molecule has 2 rings (SSSR count). The van der Waals surface area contributed by atoms with Crippen LogP contribution in [0.15, 0.2) is 58.8 Å². The molecule has 0 bridgehead atoms. The van der Waals surface area contributed by atoms with Crippen LogP contribution in [0.4, 0.5) is 4.39 Å². The number of halogens is 1. The molecule has 2 atom stereocenters. The van der Waals surface area contributed by atoms with Crippen molar-refractivity contribution in [1.82, 2.24) is 9.71 Å². The van der Waals surface area contributed by atoms with Crippen molar-refractivity contribution in [3.63, 3.8) is 0 Å². The molecule has 0 saturated carbocycles. The maximum absolute atomic E-state index is 13.0. The van der Waals surface area contributed by atoms with E-state index < -0.39 is 28.8 Å². The van der Waals surface area contributed by atoms with Crippen LogP contribution in [0.25, 0.3) is 10.4 Å². The van der Waals surface area contributed by atoms with E-state index in [2.05, 4.69) is 19.7 Å². The minimum absolute atomic E-state index is 0.0561. The van der Waals surface area contributed by atoms with E-state index in [-0.39, 0.29) is 11.4 Å². The van der Waals surface area contributed by atoms with E-state index >= 15 is 0 Å². The Balaban J connectivity index is 2.15. The Morgan fingerprint density at radius 1 is 1.35 bits per heavy atom. The van der Waals surface area contributed by atoms with E-state index in [4.69, 9.17) is 10.3 Å². The average molecular weight is 379 g/mol. The van der Waals surface area contributed by atoms with Crippen molar-refractivity contribution in [2.45, 2.75) is 23.6 Å². The smallest absolute Gasteiger partial charge is 0.240 e. The molecule has 0 aliphatic carbocycles. The van der Waals surface area contributed by atoms with Gasteiger partial charge in [-0.3, -0.25) is 9.37 Å². The van der Waals surface area contributed by atoms with Crippen LogP contribution in [-0.4, -0.2) is 33.2 Å². The normalized spacial score (nSPS) is 13.6. The topological polar surface area (TPSA) is 117 Å². The van der Waals surface area contributed by atoms with Gasteiger partial charge in [-0.2, -0.15) is 0 Å². The van der Waals surface area contributed by atoms with Crippen LogP contribution in [-0.2, 0) is 21.3 Å². The molecule has 0 radical (unpaired) electrons. The van der Waals surface area contributed by atoms with Gasteiger partial charge in [0.1, 0.15) is 6.67 Å². The molecule has 1 aromatic heterocycles. The van der Waals surface area contributed by atoms with Gasteiger partial charge in [0.15, 0.2) is 0 Å². The standard InChI is InChI=1S/C16H18FN5O3S/c1-25-16(15(9-17)21-22-18)13-4-6-14(7-5-13)26(23,24)20-11-12-3-2-8-19-10-12/h2-8,10,15-16,20H,9,11H2,1H3/t15-,16-/m1/s1. The number of pyridine rings is 1. The van der Waals surface area contributed by atoms with Gasteiger partial charge in [0.25, 0.3) is 0 Å². The largest absolute Gasteiger partial charge is 0.376 e. The van der Waals surface area contributed by atoms with Gasteiger partial charge in [-0.05, 0) is 34.9 Å². The first-order valence-corrected chi connectivity index (χ1v) is 9.11. The number of sulfonamides is 1. The summed E-state index contributed by atoms with van der Waals surface area (Å²) in [6, 6.07) is 8.22. The fourth-order valence-electron chi connectivity index (χ4n) is 2.35. The number of alkyl halides is 1. The summed E-state index contributed by atoms with van der Waals surface area (Å²) in [5, 5.41) is 3.37. The van der Waals surface area contributed by atoms with E-state index in [9.17, 15) is 12.8 Å². The third-order valence-corrected chi connectivity index (χ3v) is 5.09. The van der Waals surface area contributed by atoms with Gasteiger partial charge in [0.05, 0.1) is 17.0 Å². The highest BCUT2D eigenvalue weighted by molar-refractivity contribution is 7.89. The zero-order valence-corrected chi connectivity index (χ0v) is 14.8. The first-order chi connectivity index (χ1) is 12.5. The number of nitrogens with zero attached hydrogens (tertiary/aromatic N) is 4. The summed E-state index contributed by atoms with van der Waals surface area (Å²) < 4.78 is 45.4. The van der Waals surface area contributed by atoms with Gasteiger partial charge < -0.3 is 4.74 Å². The van der Waals surface area contributed by atoms with Crippen molar-refractivity contribution in [3.05, 3.63) is 70.4 Å². The van der Waals surface area contributed by atoms with Crippen molar-refractivity contribution in [2.24, 2.45) is 5.11 Å². The summed E-state index contributed by atoms with van der Waals surface area (Å²) in [6.45, 7) is -0.783. The van der Waals surface area contributed by atoms with E-state index in [1.54, 1.807) is 24.5 Å². The Morgan fingerprint density at radius 2 is 2.08 bits per heavy atom. The number of benzene rings is 1. The summed E-state index contributed by atoms with van der Waals surface area (Å²) in [5.41, 5.74) is 9.74. The highest BCUT2D eigenvalue weighted by Crippen LogP contribution is 2.25. The molecule has 0 fully saturated rings. The Bertz CT molecular complexity index is 855. The second-order valence-corrected chi connectivity index (χ2v) is 7.10. The first kappa shape index (κ1) is 19.8. The van der Waals surface area contributed by atoms with Gasteiger partial charge in [0.2, 0.25) is 10.0 Å². The zero-order valence-electron chi connectivity index (χ0n) is 14.0. The minimum Gasteiger partial charge on any atom is -0.376 e. The van der Waals surface area contributed by atoms with Crippen LogP contribution in [0, 0.1) is 0 Å². The van der Waals surface area contributed by atoms with Crippen molar-refractivity contribution >= 4 is 10.0 Å². The number of aromatic nitrogens is 1. The molecule has 8 nitrogen and oxygen atoms in total. The molecule has 0 aliphatic rings. The fourth-order valence-corrected chi connectivity index (χ4v) is 3.37. The van der Waals surface area contributed by atoms with Crippen LogP contribution < -0.4 is 4.72 Å². The third kappa shape index (κ3) is 4.99. The maximum Gasteiger partial charge on any atom is 0.240 e. The number of ether oxygens (including phenoxy) is 1. The number of azide groups is 1. The molecule has 0 saturated heterocycles. The predicted molar refractivity (Wildman–Crippen MR) is 93.4 cm³/mol. The van der Waals surface area contributed by atoms with Crippen LogP contribution >= 0.6 is 0 Å². The summed E-state index contributed by atoms with van der Waals surface area (Å²) in [6.07, 6.45) is 2.36. The highest BCUT2D eigenvalue weighted by Gasteiger charge is 2.23. The van der Waals surface area contributed by atoms with Gasteiger partial charge in [-0.25, -0.2) is 13.1 Å². The molecule has 138 valence electrons. The number of rotatable bonds is 9. The number of methoxy groups -OCH3 is 1. The lowest BCUT2D eigenvalue weighted by molar-refractivity contribution is 0.0721. The SMILES string of the molecule is CO[C@H](c1ccc(S(=O)(=O)NCc2cccnc2)cc1)[C@@H](CF)N=[N+]=[N-]. The summed E-state index contributed by atoms with van der Waals surface area (Å²) >= 11 is 0. The molecule has 2 aromatic rings. The Hall–Kier alpha value is -2.52. The van der Waals surface area contributed by atoms with Crippen molar-refractivity contribution in [2.75, 3.05) is 13.8 Å². The van der Waals surface area contributed by atoms with Gasteiger partial charge >= 0.3 is 0 Å². The molecule has 0 aliphatic heterocycles. The lowest BCUT2D eigenvalue weighted by atomic mass is 10.0. The molecule has 1 N–H and O–H groups in total. The first-order valence-electron chi connectivity index (χ1n) is 7.63. The van der Waals surface area contributed by atoms with E-state index in [1.807, 2.05) is 0 Å². The highest BCUT2D eigenvalue weighted by atomic mass is 32.2. The van der Waals surface area contributed by atoms with Crippen LogP contribution in [0.5, 0.6) is 0 Å². The van der Waals surface area contributed by atoms with E-state index in [0.29, 0.717) is 5.56 Å². The molecule has 0 amide bonds. The Kier molecular flexibility index (Phi) is 7.05. The van der Waals surface area contributed by atoms with Crippen LogP contribution in [0.3, 0.4) is 0 Å². The number of hydrogen-bond donors (Lipinski definition) is 1. The molecule has 0 spiro atoms. The van der Waals surface area contributed by atoms with Crippen LogP contribution in [0.1, 0.15) is 17.2 Å². The Labute approximate surface area is 150 Å². The molecular formula is C16H18FN5O3S. The molecular weight excluding hydrogens is 361 g/mol. The molecule has 10 heteroatoms. The fraction of sp³-hybridized carbons (Fsp3) is 0.312. The number of nitrogens with one attached hydrogen (secondary N) is 1. The monoisotopic (exact) mass is 379 g/mol. The third-order valence-electron chi connectivity index (χ3n) is 3.67. The van der Waals surface area contributed by atoms with Gasteiger partial charge in [-0.15, -0.1) is 0 Å². The molecule has 0 unspecified atom stereocenters. The quantitative estimate of drug-likeness (QED) is 0.409. The summed E-state index contributed by atoms with van der Waals surface area (Å²) in [7, 11) is -2.36. The molecule has 26 heavy (non-hydrogen) atoms. The van der Waals surface area contributed by atoms with Gasteiger partial charge in [0, 0.05) is 31.0 Å². The molecule has 1 heterocycles. The zero-order chi connectivity index (χ0) is 19.0. The predicted octanol–water partition coefficient (Wildman–Crippen LogP) is 2.90. The van der Waals surface area contributed by atoms with E-state index in [1.165, 1.54) is 31.4 Å². The second-order valence-electron chi connectivity index (χ2n) is 5.34. The average Bonchev–Trinajstić information content (AvgIpc) is 2.67. The van der Waals surface area contributed by atoms with Crippen molar-refractivity contribution in [3.8, 4) is 0 Å². The Morgan fingerprint density at radius 3 is 2.62 bits per heavy atom. The van der Waals surface area contributed by atoms with Crippen molar-refractivity contribution in [1.29, 1.82) is 0 Å². The van der Waals surface area contributed by atoms with Crippen molar-refractivity contribution < 1.29 is 17.5 Å². The number of hydrogen-bond acceptors (Lipinski definition) is 5. The second kappa shape index (κ2) is 9.25. The molecule has 1 aromatic carbocycles. The van der Waals surface area contributed by atoms with Gasteiger partial charge in [-0.1, -0.05) is 23.3 Å². The minimum atomic E-state index is -3.72. The summed E-state index contributed by atoms with van der Waals surface area (Å²) in [4.78, 5) is 6.59. The lowest BCUT2D eigenvalue weighted by Gasteiger charge is -2.20. The lowest BCUT2D eigenvalue weighted by Crippen LogP contribution is -2.24. The summed E-state index contributed by atoms with van der Waals surface area (Å²) in [5.74, 6) is 0.